The van der Waals surface area contributed by atoms with Crippen molar-refractivity contribution in [1.82, 2.24) is 4.31 Å². The van der Waals surface area contributed by atoms with Crippen LogP contribution in [0, 0.1) is 0 Å². The van der Waals surface area contributed by atoms with Gasteiger partial charge in [-0.25, -0.2) is 8.42 Å². The summed E-state index contributed by atoms with van der Waals surface area (Å²) >= 11 is 0. The van der Waals surface area contributed by atoms with Gasteiger partial charge in [-0.15, -0.1) is 0 Å². The molecule has 1 heterocycles. The summed E-state index contributed by atoms with van der Waals surface area (Å²) in [7, 11) is -3.46. The van der Waals surface area contributed by atoms with Crippen molar-refractivity contribution in [2.24, 2.45) is 0 Å². The SMILES string of the molecule is O=S(=O)(c1ccc2ccccc2c1)N1CC[NH+](Cc2cccc3ccccc23)CC1. The van der Waals surface area contributed by atoms with Gasteiger partial charge in [0.2, 0.25) is 10.0 Å². The van der Waals surface area contributed by atoms with Crippen LogP contribution < -0.4 is 4.90 Å². The number of piperazine rings is 1. The highest BCUT2D eigenvalue weighted by atomic mass is 32.2. The molecule has 0 saturated carbocycles. The second kappa shape index (κ2) is 7.84. The van der Waals surface area contributed by atoms with Gasteiger partial charge in [0, 0.05) is 5.56 Å². The molecule has 0 radical (unpaired) electrons. The molecule has 4 nitrogen and oxygen atoms in total. The second-order valence-corrected chi connectivity index (χ2v) is 9.92. The van der Waals surface area contributed by atoms with Crippen molar-refractivity contribution in [2.45, 2.75) is 11.4 Å². The van der Waals surface area contributed by atoms with E-state index < -0.39 is 10.0 Å². The largest absolute Gasteiger partial charge is 0.329 e. The lowest BCUT2D eigenvalue weighted by Crippen LogP contribution is -3.13. The molecule has 1 aliphatic rings. The van der Waals surface area contributed by atoms with Gasteiger partial charge in [-0.05, 0) is 33.7 Å². The van der Waals surface area contributed by atoms with E-state index in [2.05, 4.69) is 42.5 Å². The van der Waals surface area contributed by atoms with Gasteiger partial charge in [0.1, 0.15) is 6.54 Å². The Morgan fingerprint density at radius 3 is 2.20 bits per heavy atom. The van der Waals surface area contributed by atoms with Crippen LogP contribution >= 0.6 is 0 Å². The van der Waals surface area contributed by atoms with Gasteiger partial charge >= 0.3 is 0 Å². The molecule has 30 heavy (non-hydrogen) atoms. The fourth-order valence-corrected chi connectivity index (χ4v) is 5.89. The first kappa shape index (κ1) is 19.2. The monoisotopic (exact) mass is 417 g/mol. The maximum Gasteiger partial charge on any atom is 0.243 e. The van der Waals surface area contributed by atoms with E-state index in [1.54, 1.807) is 16.4 Å². The maximum absolute atomic E-state index is 13.2. The van der Waals surface area contributed by atoms with Crippen molar-refractivity contribution in [1.29, 1.82) is 0 Å². The van der Waals surface area contributed by atoms with Crippen molar-refractivity contribution in [2.75, 3.05) is 26.2 Å². The first-order valence-electron chi connectivity index (χ1n) is 10.4. The van der Waals surface area contributed by atoms with Crippen molar-refractivity contribution >= 4 is 31.6 Å². The summed E-state index contributed by atoms with van der Waals surface area (Å²) in [6.07, 6.45) is 0. The molecule has 0 unspecified atom stereocenters. The van der Waals surface area contributed by atoms with Crippen molar-refractivity contribution < 1.29 is 13.3 Å². The topological polar surface area (TPSA) is 41.8 Å². The minimum atomic E-state index is -3.46. The molecule has 0 aromatic heterocycles. The summed E-state index contributed by atoms with van der Waals surface area (Å²) in [6.45, 7) is 3.65. The van der Waals surface area contributed by atoms with E-state index in [1.807, 2.05) is 30.3 Å². The van der Waals surface area contributed by atoms with Gasteiger partial charge in [-0.3, -0.25) is 0 Å². The van der Waals surface area contributed by atoms with Crippen LogP contribution in [-0.2, 0) is 16.6 Å². The van der Waals surface area contributed by atoms with Crippen LogP contribution in [0.1, 0.15) is 5.56 Å². The highest BCUT2D eigenvalue weighted by Gasteiger charge is 2.30. The molecule has 1 saturated heterocycles. The number of benzene rings is 4. The predicted octanol–water partition coefficient (Wildman–Crippen LogP) is 3.08. The quantitative estimate of drug-likeness (QED) is 0.555. The molecule has 5 rings (SSSR count). The van der Waals surface area contributed by atoms with Crippen LogP contribution in [0.2, 0.25) is 0 Å². The van der Waals surface area contributed by atoms with E-state index in [0.29, 0.717) is 18.0 Å². The molecule has 0 spiro atoms. The molecular formula is C25H25N2O2S+. The molecule has 152 valence electrons. The van der Waals surface area contributed by atoms with Gasteiger partial charge in [0.25, 0.3) is 0 Å². The summed E-state index contributed by atoms with van der Waals surface area (Å²) in [6, 6.07) is 28.2. The van der Waals surface area contributed by atoms with E-state index >= 15 is 0 Å². The minimum absolute atomic E-state index is 0.388. The first-order valence-corrected chi connectivity index (χ1v) is 11.8. The Labute approximate surface area is 177 Å². The summed E-state index contributed by atoms with van der Waals surface area (Å²) in [5, 5.41) is 4.56. The molecule has 4 aromatic rings. The summed E-state index contributed by atoms with van der Waals surface area (Å²) in [5.41, 5.74) is 1.33. The molecule has 1 N–H and O–H groups in total. The number of quaternary nitrogens is 1. The number of nitrogens with zero attached hydrogens (tertiary/aromatic N) is 1. The van der Waals surface area contributed by atoms with E-state index in [1.165, 1.54) is 21.2 Å². The molecule has 0 atom stereocenters. The number of nitrogens with one attached hydrogen (secondary N) is 1. The smallest absolute Gasteiger partial charge is 0.243 e. The lowest BCUT2D eigenvalue weighted by Gasteiger charge is -2.31. The Balaban J connectivity index is 1.31. The molecule has 0 aliphatic carbocycles. The van der Waals surface area contributed by atoms with Crippen LogP contribution in [0.4, 0.5) is 0 Å². The highest BCUT2D eigenvalue weighted by molar-refractivity contribution is 7.89. The van der Waals surface area contributed by atoms with Gasteiger partial charge in [-0.1, -0.05) is 72.8 Å². The van der Waals surface area contributed by atoms with Crippen LogP contribution in [0.15, 0.2) is 89.8 Å². The minimum Gasteiger partial charge on any atom is -0.329 e. The zero-order chi connectivity index (χ0) is 20.6. The predicted molar refractivity (Wildman–Crippen MR) is 121 cm³/mol. The second-order valence-electron chi connectivity index (χ2n) is 7.98. The van der Waals surface area contributed by atoms with E-state index in [-0.39, 0.29) is 0 Å². The zero-order valence-electron chi connectivity index (χ0n) is 16.8. The van der Waals surface area contributed by atoms with Gasteiger partial charge in [-0.2, -0.15) is 4.31 Å². The standard InChI is InChI=1S/C25H24N2O2S/c28-30(29,24-13-12-20-6-1-2-8-22(20)18-24)27-16-14-26(15-17-27)19-23-10-5-9-21-7-3-4-11-25(21)23/h1-13,18H,14-17,19H2/p+1. The molecule has 1 fully saturated rings. The highest BCUT2D eigenvalue weighted by Crippen LogP contribution is 2.22. The lowest BCUT2D eigenvalue weighted by atomic mass is 10.0. The molecule has 0 amide bonds. The Hall–Kier alpha value is -2.73. The van der Waals surface area contributed by atoms with E-state index in [0.717, 1.165) is 30.4 Å². The molecule has 4 aromatic carbocycles. The Kier molecular flexibility index (Phi) is 5.03. The van der Waals surface area contributed by atoms with Crippen LogP contribution in [-0.4, -0.2) is 38.9 Å². The summed E-state index contributed by atoms with van der Waals surface area (Å²) in [4.78, 5) is 1.81. The van der Waals surface area contributed by atoms with Crippen LogP contribution in [0.25, 0.3) is 21.5 Å². The Morgan fingerprint density at radius 1 is 0.733 bits per heavy atom. The molecular weight excluding hydrogens is 392 g/mol. The number of hydrogen-bond acceptors (Lipinski definition) is 2. The molecule has 0 bridgehead atoms. The van der Waals surface area contributed by atoms with Crippen LogP contribution in [0.3, 0.4) is 0 Å². The number of hydrogen-bond donors (Lipinski definition) is 1. The zero-order valence-corrected chi connectivity index (χ0v) is 17.6. The fraction of sp³-hybridized carbons (Fsp3) is 0.200. The third-order valence-electron chi connectivity index (χ3n) is 6.11. The lowest BCUT2D eigenvalue weighted by molar-refractivity contribution is -0.917. The van der Waals surface area contributed by atoms with Gasteiger partial charge < -0.3 is 4.90 Å². The third-order valence-corrected chi connectivity index (χ3v) is 8.00. The van der Waals surface area contributed by atoms with Gasteiger partial charge in [0.15, 0.2) is 0 Å². The third kappa shape index (κ3) is 3.60. The van der Waals surface area contributed by atoms with Crippen molar-refractivity contribution in [3.05, 3.63) is 90.5 Å². The molecule has 1 aliphatic heterocycles. The number of fused-ring (bicyclic) bond motifs is 2. The fourth-order valence-electron chi connectivity index (χ4n) is 4.41. The summed E-state index contributed by atoms with van der Waals surface area (Å²) in [5.74, 6) is 0. The van der Waals surface area contributed by atoms with Gasteiger partial charge in [0.05, 0.1) is 31.1 Å². The maximum atomic E-state index is 13.2. The number of sulfonamides is 1. The Morgan fingerprint density at radius 2 is 1.40 bits per heavy atom. The first-order chi connectivity index (χ1) is 14.6. The number of rotatable bonds is 4. The Bertz CT molecular complexity index is 1300. The van der Waals surface area contributed by atoms with Crippen LogP contribution in [0.5, 0.6) is 0 Å². The summed E-state index contributed by atoms with van der Waals surface area (Å²) < 4.78 is 28.0. The average molecular weight is 418 g/mol. The molecule has 5 heteroatoms. The van der Waals surface area contributed by atoms with Crippen molar-refractivity contribution in [3.8, 4) is 0 Å². The normalized spacial score (nSPS) is 16.3. The van der Waals surface area contributed by atoms with E-state index in [4.69, 9.17) is 0 Å². The van der Waals surface area contributed by atoms with Crippen molar-refractivity contribution in [3.63, 3.8) is 0 Å². The average Bonchev–Trinajstić information content (AvgIpc) is 2.79. The van der Waals surface area contributed by atoms with E-state index in [9.17, 15) is 8.42 Å².